The molecule has 7 heteroatoms. The summed E-state index contributed by atoms with van der Waals surface area (Å²) < 4.78 is 0. The molecule has 112 valence electrons. The van der Waals surface area contributed by atoms with Gasteiger partial charge in [0.25, 0.3) is 0 Å². The van der Waals surface area contributed by atoms with E-state index in [-0.39, 0.29) is 28.1 Å². The van der Waals surface area contributed by atoms with Crippen molar-refractivity contribution in [1.82, 2.24) is 0 Å². The van der Waals surface area contributed by atoms with Crippen LogP contribution >= 0.6 is 12.2 Å². The first-order valence-corrected chi connectivity index (χ1v) is 6.52. The Hall–Kier alpha value is -2.93. The van der Waals surface area contributed by atoms with E-state index in [0.29, 0.717) is 11.1 Å². The van der Waals surface area contributed by atoms with Gasteiger partial charge >= 0.3 is 0 Å². The molecule has 0 heterocycles. The van der Waals surface area contributed by atoms with Crippen LogP contribution in [0.5, 0.6) is 23.0 Å². The highest BCUT2D eigenvalue weighted by Crippen LogP contribution is 2.21. The molecule has 0 unspecified atom stereocenters. The van der Waals surface area contributed by atoms with Gasteiger partial charge in [0.2, 0.25) is 5.11 Å². The minimum atomic E-state index is -0.133. The van der Waals surface area contributed by atoms with Gasteiger partial charge in [0.05, 0.1) is 0 Å². The zero-order chi connectivity index (χ0) is 16.1. The van der Waals surface area contributed by atoms with E-state index in [2.05, 4.69) is 9.98 Å². The molecule has 0 aliphatic carbocycles. The highest BCUT2D eigenvalue weighted by Gasteiger charge is 2.01. The summed E-state index contributed by atoms with van der Waals surface area (Å²) in [5, 5.41) is 37.5. The van der Waals surface area contributed by atoms with E-state index >= 15 is 0 Å². The van der Waals surface area contributed by atoms with Gasteiger partial charge in [-0.05, 0) is 36.5 Å². The highest BCUT2D eigenvalue weighted by atomic mass is 32.1. The average molecular weight is 316 g/mol. The quantitative estimate of drug-likeness (QED) is 0.503. The van der Waals surface area contributed by atoms with E-state index in [9.17, 15) is 20.4 Å². The molecule has 0 atom stereocenters. The number of hydrogen-bond donors (Lipinski definition) is 4. The van der Waals surface area contributed by atoms with Crippen LogP contribution in [0.1, 0.15) is 11.1 Å². The van der Waals surface area contributed by atoms with Crippen LogP contribution in [-0.4, -0.2) is 38.0 Å². The summed E-state index contributed by atoms with van der Waals surface area (Å²) in [6, 6.07) is 8.13. The van der Waals surface area contributed by atoms with Crippen LogP contribution in [-0.2, 0) is 0 Å². The monoisotopic (exact) mass is 316 g/mol. The van der Waals surface area contributed by atoms with Gasteiger partial charge in [-0.1, -0.05) is 0 Å². The summed E-state index contributed by atoms with van der Waals surface area (Å²) >= 11 is 4.93. The fourth-order valence-corrected chi connectivity index (χ4v) is 1.67. The largest absolute Gasteiger partial charge is 0.508 e. The van der Waals surface area contributed by atoms with Crippen LogP contribution in [0.3, 0.4) is 0 Å². The summed E-state index contributed by atoms with van der Waals surface area (Å²) in [5.41, 5.74) is 0.755. The van der Waals surface area contributed by atoms with Crippen molar-refractivity contribution in [2.75, 3.05) is 0 Å². The molecule has 6 nitrogen and oxygen atoms in total. The molecule has 2 rings (SSSR count). The van der Waals surface area contributed by atoms with Gasteiger partial charge in [-0.15, -0.1) is 0 Å². The van der Waals surface area contributed by atoms with E-state index in [1.54, 1.807) is 0 Å². The van der Waals surface area contributed by atoms with Crippen LogP contribution in [0.4, 0.5) is 0 Å². The first-order chi connectivity index (χ1) is 10.5. The smallest absolute Gasteiger partial charge is 0.219 e. The van der Waals surface area contributed by atoms with E-state index < -0.39 is 0 Å². The second-order valence-corrected chi connectivity index (χ2v) is 4.65. The van der Waals surface area contributed by atoms with E-state index in [1.165, 1.54) is 48.8 Å². The summed E-state index contributed by atoms with van der Waals surface area (Å²) in [7, 11) is 0. The molecule has 2 aromatic rings. The molecule has 0 aliphatic rings. The fourth-order valence-electron chi connectivity index (χ4n) is 1.57. The molecule has 0 radical (unpaired) electrons. The summed E-state index contributed by atoms with van der Waals surface area (Å²) in [4.78, 5) is 7.77. The van der Waals surface area contributed by atoms with Crippen molar-refractivity contribution in [3.8, 4) is 23.0 Å². The molecular weight excluding hydrogens is 304 g/mol. The second-order valence-electron chi connectivity index (χ2n) is 4.29. The average Bonchev–Trinajstić information content (AvgIpc) is 2.45. The standard InChI is InChI=1S/C15H12N2O4S/c18-11-3-1-9(13(20)5-11)7-16-15(22)17-8-10-2-4-12(19)6-14(10)21/h1-8,18-21H. The topological polar surface area (TPSA) is 106 Å². The molecule has 4 N–H and O–H groups in total. The van der Waals surface area contributed by atoms with Gasteiger partial charge in [-0.25, -0.2) is 9.98 Å². The lowest BCUT2D eigenvalue weighted by Crippen LogP contribution is -1.90. The molecule has 0 spiro atoms. The number of thiocarbonyl (C=S) groups is 1. The van der Waals surface area contributed by atoms with E-state index in [0.717, 1.165) is 0 Å². The van der Waals surface area contributed by atoms with Crippen molar-refractivity contribution < 1.29 is 20.4 Å². The van der Waals surface area contributed by atoms with Crippen molar-refractivity contribution in [3.05, 3.63) is 47.5 Å². The maximum absolute atomic E-state index is 9.58. The molecule has 2 aromatic carbocycles. The van der Waals surface area contributed by atoms with Gasteiger partial charge in [0.15, 0.2) is 0 Å². The lowest BCUT2D eigenvalue weighted by atomic mass is 10.2. The molecule has 0 amide bonds. The minimum absolute atomic E-state index is 0.0139. The number of phenolic OH excluding ortho intramolecular Hbond substituents is 4. The third-order valence-electron chi connectivity index (χ3n) is 2.66. The Kier molecular flexibility index (Phi) is 4.70. The summed E-state index contributed by atoms with van der Waals surface area (Å²) in [5.74, 6) is -0.380. The number of aromatic hydroxyl groups is 4. The zero-order valence-electron chi connectivity index (χ0n) is 11.2. The maximum Gasteiger partial charge on any atom is 0.219 e. The Morgan fingerprint density at radius 2 is 1.18 bits per heavy atom. The molecule has 22 heavy (non-hydrogen) atoms. The van der Waals surface area contributed by atoms with Crippen molar-refractivity contribution in [3.63, 3.8) is 0 Å². The predicted octanol–water partition coefficient (Wildman–Crippen LogP) is 2.33. The van der Waals surface area contributed by atoms with Crippen molar-refractivity contribution in [1.29, 1.82) is 0 Å². The molecule has 0 fully saturated rings. The van der Waals surface area contributed by atoms with Crippen molar-refractivity contribution >= 4 is 29.8 Å². The van der Waals surface area contributed by atoms with Crippen LogP contribution < -0.4 is 0 Å². The van der Waals surface area contributed by atoms with Gasteiger partial charge in [-0.3, -0.25) is 0 Å². The first-order valence-electron chi connectivity index (χ1n) is 6.12. The van der Waals surface area contributed by atoms with Gasteiger partial charge in [0, 0.05) is 35.7 Å². The van der Waals surface area contributed by atoms with Gasteiger partial charge < -0.3 is 20.4 Å². The van der Waals surface area contributed by atoms with Crippen LogP contribution in [0.15, 0.2) is 46.4 Å². The molecule has 0 bridgehead atoms. The summed E-state index contributed by atoms with van der Waals surface area (Å²) in [6.45, 7) is 0. The van der Waals surface area contributed by atoms with Gasteiger partial charge in [-0.2, -0.15) is 0 Å². The highest BCUT2D eigenvalue weighted by molar-refractivity contribution is 7.80. The molecule has 0 saturated heterocycles. The Labute approximate surface area is 131 Å². The normalized spacial score (nSPS) is 11.3. The maximum atomic E-state index is 9.58. The lowest BCUT2D eigenvalue weighted by Gasteiger charge is -1.99. The lowest BCUT2D eigenvalue weighted by molar-refractivity contribution is 0.449. The number of phenols is 4. The second kappa shape index (κ2) is 6.68. The Morgan fingerprint density at radius 3 is 1.55 bits per heavy atom. The van der Waals surface area contributed by atoms with E-state index in [4.69, 9.17) is 12.2 Å². The SMILES string of the molecule is Oc1ccc(C=NC(=S)N=Cc2ccc(O)cc2O)c(O)c1. The predicted molar refractivity (Wildman–Crippen MR) is 87.3 cm³/mol. The number of rotatable bonds is 2. The van der Waals surface area contributed by atoms with Crippen LogP contribution in [0.25, 0.3) is 0 Å². The number of nitrogens with zero attached hydrogens (tertiary/aromatic N) is 2. The number of aliphatic imine (C=N–C) groups is 2. The van der Waals surface area contributed by atoms with E-state index in [1.807, 2.05) is 0 Å². The van der Waals surface area contributed by atoms with Crippen LogP contribution in [0.2, 0.25) is 0 Å². The molecule has 0 aromatic heterocycles. The number of hydrogen-bond acceptors (Lipinski definition) is 5. The third kappa shape index (κ3) is 4.03. The molecule has 0 saturated carbocycles. The molecular formula is C15H12N2O4S. The Bertz CT molecular complexity index is 709. The van der Waals surface area contributed by atoms with Crippen molar-refractivity contribution in [2.24, 2.45) is 9.98 Å². The fraction of sp³-hybridized carbons (Fsp3) is 0. The van der Waals surface area contributed by atoms with Crippen molar-refractivity contribution in [2.45, 2.75) is 0 Å². The third-order valence-corrected chi connectivity index (χ3v) is 2.87. The van der Waals surface area contributed by atoms with Crippen LogP contribution in [0, 0.1) is 0 Å². The molecule has 0 aliphatic heterocycles. The Balaban J connectivity index is 2.09. The zero-order valence-corrected chi connectivity index (χ0v) is 12.0. The first kappa shape index (κ1) is 15.5. The number of benzene rings is 2. The summed E-state index contributed by atoms with van der Waals surface area (Å²) in [6.07, 6.45) is 2.62. The minimum Gasteiger partial charge on any atom is -0.508 e. The Morgan fingerprint density at radius 1 is 0.773 bits per heavy atom. The van der Waals surface area contributed by atoms with Gasteiger partial charge in [0.1, 0.15) is 23.0 Å².